The lowest BCUT2D eigenvalue weighted by Crippen LogP contribution is -2.50. The molecule has 0 unspecified atom stereocenters. The fourth-order valence-electron chi connectivity index (χ4n) is 3.23. The summed E-state index contributed by atoms with van der Waals surface area (Å²) in [6.45, 7) is 9.76. The molecule has 1 aliphatic carbocycles. The van der Waals surface area contributed by atoms with Gasteiger partial charge in [0.05, 0.1) is 0 Å². The van der Waals surface area contributed by atoms with Gasteiger partial charge in [0.15, 0.2) is 0 Å². The highest BCUT2D eigenvalue weighted by Crippen LogP contribution is 2.47. The molecule has 1 saturated carbocycles. The molecule has 0 spiro atoms. The summed E-state index contributed by atoms with van der Waals surface area (Å²) in [6, 6.07) is 0. The van der Waals surface area contributed by atoms with Crippen molar-refractivity contribution in [3.63, 3.8) is 0 Å². The van der Waals surface area contributed by atoms with Crippen molar-refractivity contribution in [3.05, 3.63) is 6.33 Å². The van der Waals surface area contributed by atoms with Crippen molar-refractivity contribution in [3.8, 4) is 0 Å². The minimum absolute atomic E-state index is 0.102. The molecule has 7 heteroatoms. The average Bonchev–Trinajstić information content (AvgIpc) is 3.26. The minimum atomic E-state index is 0.102. The Balaban J connectivity index is 1.39. The third-order valence-corrected chi connectivity index (χ3v) is 5.17. The van der Waals surface area contributed by atoms with E-state index >= 15 is 0 Å². The Morgan fingerprint density at radius 1 is 1.23 bits per heavy atom. The topological polar surface area (TPSA) is 67.2 Å². The smallest absolute Gasteiger partial charge is 0.244 e. The van der Waals surface area contributed by atoms with Crippen LogP contribution in [0.5, 0.6) is 0 Å². The van der Waals surface area contributed by atoms with E-state index in [-0.39, 0.29) is 12.5 Å². The normalized spacial score (nSPS) is 20.4. The Bertz CT molecular complexity index is 488. The quantitative estimate of drug-likeness (QED) is 0.772. The summed E-state index contributed by atoms with van der Waals surface area (Å²) in [5.41, 5.74) is 0.479. The average molecular weight is 306 g/mol. The molecule has 122 valence electrons. The van der Waals surface area contributed by atoms with Crippen LogP contribution in [0, 0.1) is 11.3 Å². The summed E-state index contributed by atoms with van der Waals surface area (Å²) < 4.78 is 1.48. The molecule has 2 fully saturated rings. The second-order valence-corrected chi connectivity index (χ2v) is 7.24. The molecule has 1 aliphatic heterocycles. The molecule has 3 rings (SSSR count). The van der Waals surface area contributed by atoms with Gasteiger partial charge in [-0.1, -0.05) is 13.8 Å². The molecule has 0 aromatic carbocycles. The zero-order valence-electron chi connectivity index (χ0n) is 13.6. The number of hydrogen-bond donors (Lipinski definition) is 0. The van der Waals surface area contributed by atoms with E-state index in [2.05, 4.69) is 34.3 Å². The second-order valence-electron chi connectivity index (χ2n) is 7.24. The lowest BCUT2D eigenvalue weighted by Gasteiger charge is -2.36. The first-order valence-corrected chi connectivity index (χ1v) is 8.25. The summed E-state index contributed by atoms with van der Waals surface area (Å²) in [5, 5.41) is 10.8. The summed E-state index contributed by atoms with van der Waals surface area (Å²) in [5.74, 6) is 1.04. The summed E-state index contributed by atoms with van der Waals surface area (Å²) in [4.78, 5) is 16.6. The minimum Gasteiger partial charge on any atom is -0.339 e. The fourth-order valence-corrected chi connectivity index (χ4v) is 3.23. The van der Waals surface area contributed by atoms with E-state index in [0.717, 1.165) is 38.6 Å². The van der Waals surface area contributed by atoms with Crippen LogP contribution in [-0.2, 0) is 11.3 Å². The van der Waals surface area contributed by atoms with E-state index < -0.39 is 0 Å². The molecule has 1 aromatic heterocycles. The Morgan fingerprint density at radius 2 is 1.95 bits per heavy atom. The van der Waals surface area contributed by atoms with Crippen molar-refractivity contribution < 1.29 is 4.79 Å². The van der Waals surface area contributed by atoms with E-state index in [4.69, 9.17) is 0 Å². The molecule has 1 saturated heterocycles. The maximum absolute atomic E-state index is 12.2. The van der Waals surface area contributed by atoms with Crippen LogP contribution in [-0.4, -0.2) is 68.6 Å². The van der Waals surface area contributed by atoms with E-state index in [1.165, 1.54) is 30.3 Å². The molecule has 1 amide bonds. The van der Waals surface area contributed by atoms with E-state index in [1.54, 1.807) is 0 Å². The van der Waals surface area contributed by atoms with Crippen molar-refractivity contribution in [1.82, 2.24) is 30.0 Å². The number of rotatable bonds is 6. The third-order valence-electron chi connectivity index (χ3n) is 5.17. The maximum atomic E-state index is 12.2. The number of tetrazole rings is 1. The van der Waals surface area contributed by atoms with Gasteiger partial charge in [-0.15, -0.1) is 5.10 Å². The molecule has 0 bridgehead atoms. The van der Waals surface area contributed by atoms with Crippen LogP contribution < -0.4 is 0 Å². The lowest BCUT2D eigenvalue weighted by atomic mass is 9.83. The Morgan fingerprint density at radius 3 is 2.55 bits per heavy atom. The molecule has 2 aliphatic rings. The van der Waals surface area contributed by atoms with Crippen molar-refractivity contribution >= 4 is 5.91 Å². The van der Waals surface area contributed by atoms with Gasteiger partial charge < -0.3 is 4.90 Å². The first-order chi connectivity index (χ1) is 10.5. The molecule has 22 heavy (non-hydrogen) atoms. The van der Waals surface area contributed by atoms with Crippen molar-refractivity contribution in [2.75, 3.05) is 32.7 Å². The number of amides is 1. The number of nitrogens with zero attached hydrogens (tertiary/aromatic N) is 6. The molecule has 7 nitrogen and oxygen atoms in total. The number of carbonyl (C=O) groups is 1. The van der Waals surface area contributed by atoms with E-state index in [0.29, 0.717) is 5.41 Å². The fraction of sp³-hybridized carbons (Fsp3) is 0.867. The van der Waals surface area contributed by atoms with Crippen LogP contribution in [0.15, 0.2) is 6.33 Å². The molecular weight excluding hydrogens is 280 g/mol. The monoisotopic (exact) mass is 306 g/mol. The standard InChI is InChI=1S/C15H26N6O/c1-15(2,13-3-4-13)5-6-19-7-9-20(10-8-19)14(22)11-21-12-16-17-18-21/h12-13H,3-11H2,1-2H3. The van der Waals surface area contributed by atoms with Crippen molar-refractivity contribution in [1.29, 1.82) is 0 Å². The van der Waals surface area contributed by atoms with Gasteiger partial charge in [-0.25, -0.2) is 4.68 Å². The van der Waals surface area contributed by atoms with Gasteiger partial charge >= 0.3 is 0 Å². The Labute approximate surface area is 131 Å². The zero-order chi connectivity index (χ0) is 15.6. The molecular formula is C15H26N6O. The van der Waals surface area contributed by atoms with Crippen LogP contribution in [0.2, 0.25) is 0 Å². The van der Waals surface area contributed by atoms with Crippen LogP contribution in [0.25, 0.3) is 0 Å². The molecule has 2 heterocycles. The summed E-state index contributed by atoms with van der Waals surface area (Å²) in [6.07, 6.45) is 5.56. The van der Waals surface area contributed by atoms with Crippen LogP contribution >= 0.6 is 0 Å². The van der Waals surface area contributed by atoms with Gasteiger partial charge in [0.25, 0.3) is 0 Å². The maximum Gasteiger partial charge on any atom is 0.244 e. The Kier molecular flexibility index (Phi) is 4.42. The zero-order valence-corrected chi connectivity index (χ0v) is 13.6. The molecule has 0 radical (unpaired) electrons. The summed E-state index contributed by atoms with van der Waals surface area (Å²) in [7, 11) is 0. The molecule has 1 aromatic rings. The second kappa shape index (κ2) is 6.32. The number of hydrogen-bond acceptors (Lipinski definition) is 5. The highest BCUT2D eigenvalue weighted by Gasteiger charge is 2.37. The van der Waals surface area contributed by atoms with Gasteiger partial charge in [0.1, 0.15) is 12.9 Å². The highest BCUT2D eigenvalue weighted by molar-refractivity contribution is 5.75. The van der Waals surface area contributed by atoms with E-state index in [1.807, 2.05) is 4.90 Å². The first-order valence-electron chi connectivity index (χ1n) is 8.25. The van der Waals surface area contributed by atoms with Crippen LogP contribution in [0.3, 0.4) is 0 Å². The van der Waals surface area contributed by atoms with Crippen molar-refractivity contribution in [2.45, 2.75) is 39.7 Å². The number of carbonyl (C=O) groups excluding carboxylic acids is 1. The van der Waals surface area contributed by atoms with Crippen LogP contribution in [0.4, 0.5) is 0 Å². The largest absolute Gasteiger partial charge is 0.339 e. The predicted octanol–water partition coefficient (Wildman–Crippen LogP) is 0.644. The number of aromatic nitrogens is 4. The molecule has 0 atom stereocenters. The predicted molar refractivity (Wildman–Crippen MR) is 82.0 cm³/mol. The van der Waals surface area contributed by atoms with Gasteiger partial charge in [0, 0.05) is 26.2 Å². The third kappa shape index (κ3) is 3.82. The van der Waals surface area contributed by atoms with Gasteiger partial charge in [-0.05, 0) is 47.6 Å². The number of piperazine rings is 1. The van der Waals surface area contributed by atoms with Gasteiger partial charge in [0.2, 0.25) is 5.91 Å². The van der Waals surface area contributed by atoms with E-state index in [9.17, 15) is 4.79 Å². The Hall–Kier alpha value is -1.50. The van der Waals surface area contributed by atoms with Crippen molar-refractivity contribution in [2.24, 2.45) is 11.3 Å². The first kappa shape index (κ1) is 15.4. The highest BCUT2D eigenvalue weighted by atomic mass is 16.2. The SMILES string of the molecule is CC(C)(CCN1CCN(C(=O)Cn2cnnn2)CC1)C1CC1. The lowest BCUT2D eigenvalue weighted by molar-refractivity contribution is -0.133. The molecule has 0 N–H and O–H groups in total. The van der Waals surface area contributed by atoms with Crippen LogP contribution in [0.1, 0.15) is 33.1 Å². The van der Waals surface area contributed by atoms with Gasteiger partial charge in [-0.2, -0.15) is 0 Å². The summed E-state index contributed by atoms with van der Waals surface area (Å²) >= 11 is 0. The van der Waals surface area contributed by atoms with Gasteiger partial charge in [-0.3, -0.25) is 9.69 Å².